The van der Waals surface area contributed by atoms with Crippen molar-refractivity contribution in [1.29, 1.82) is 0 Å². The Morgan fingerprint density at radius 3 is 1.46 bits per heavy atom. The van der Waals surface area contributed by atoms with E-state index in [9.17, 15) is 28.8 Å². The van der Waals surface area contributed by atoms with Crippen molar-refractivity contribution in [3.05, 3.63) is 81.9 Å². The number of hydrogen-bond donors (Lipinski definition) is 4. The molecule has 4 aliphatic rings. The summed E-state index contributed by atoms with van der Waals surface area (Å²) < 4.78 is 25.3. The SMILES string of the molecule is C.C.C1COCCN1.CC(=O)O.CC(=O)OOC(C)=O.CCCCOc1nc(N)c2c(n1)N(Cc1cccc(C=O)c1)CC(=O)C2.CCCCOc1nc(N)c2c(n1)N(Cc1cccc(CN3CCOCC3)c1)CC(=O)C2.[B-]OC(C)=O.[Na+]. The van der Waals surface area contributed by atoms with Crippen LogP contribution in [0.1, 0.15) is 120 Å². The van der Waals surface area contributed by atoms with Gasteiger partial charge in [0.1, 0.15) is 29.6 Å². The number of nitrogens with one attached hydrogen (secondary N) is 1. The van der Waals surface area contributed by atoms with Crippen LogP contribution >= 0.6 is 0 Å². The van der Waals surface area contributed by atoms with Gasteiger partial charge in [0, 0.05) is 103 Å². The molecule has 451 valence electrons. The van der Waals surface area contributed by atoms with Crippen LogP contribution in [-0.4, -0.2) is 159 Å². The quantitative estimate of drug-likeness (QED) is 0.0435. The first kappa shape index (κ1) is 76.2. The molecule has 0 unspecified atom stereocenters. The fourth-order valence-corrected chi connectivity index (χ4v) is 7.57. The molecule has 3 radical (unpaired) electrons. The molecule has 8 rings (SSSR count). The van der Waals surface area contributed by atoms with Crippen LogP contribution in [0.5, 0.6) is 12.0 Å². The Labute approximate surface area is 510 Å². The molecule has 0 saturated carbocycles. The summed E-state index contributed by atoms with van der Waals surface area (Å²) in [5.74, 6) is -0.467. The van der Waals surface area contributed by atoms with Crippen LogP contribution in [0.3, 0.4) is 0 Å². The third kappa shape index (κ3) is 30.9. The number of ether oxygens (including phenoxy) is 4. The van der Waals surface area contributed by atoms with Crippen LogP contribution in [0.2, 0.25) is 0 Å². The standard InChI is InChI=1S/C23H31N5O3.C19H22N4O3.C4H9NO.C4H6O4.C2H3BO2.C2H4O2.2CH4.Na/c1-2-3-9-31-23-25-21(24)20-13-19(29)16-28(22(20)26-23)15-18-6-4-5-17(12-18)14-27-7-10-30-11-8-27;1-2-3-7-26-19-21-17(20)16-9-15(25)11-23(18(16)22-19)10-13-5-4-6-14(8-13)12-24;1-3-6-4-2-5-1;1-3(5)7-8-4(2)6;1-2(4)5-3;1-2(3)4;;;/h4-6,12H,2-3,7-11,13-16H2,1H3,(H2,24,25,26);4-6,8,12H,2-3,7,9-11H2,1H3,(H2,20,21,22);5H,1-4H2;1-2H3;1H3;1H3,(H,3,4);2*1H4;/q;;;;-1;;;;+1. The van der Waals surface area contributed by atoms with Gasteiger partial charge in [-0.15, -0.1) is 0 Å². The van der Waals surface area contributed by atoms with E-state index in [-0.39, 0.29) is 93.2 Å². The Morgan fingerprint density at radius 1 is 0.675 bits per heavy atom. The number of hydrogen-bond acceptors (Lipinski definition) is 24. The third-order valence-corrected chi connectivity index (χ3v) is 11.2. The molecule has 4 aromatic rings. The van der Waals surface area contributed by atoms with E-state index in [4.69, 9.17) is 40.3 Å². The number of carbonyl (C=O) groups is 7. The number of nitrogen functional groups attached to an aromatic ring is 2. The number of Topliss-reactive ketones (excluding diaryl/α,β-unsaturated/α-hetero) is 2. The molecule has 25 nitrogen and oxygen atoms in total. The van der Waals surface area contributed by atoms with Crippen molar-refractivity contribution in [2.24, 2.45) is 0 Å². The van der Waals surface area contributed by atoms with Gasteiger partial charge in [-0.2, -0.15) is 19.9 Å². The molecule has 0 aliphatic carbocycles. The maximum atomic E-state index is 12.4. The number of fused-ring (bicyclic) bond motifs is 2. The first-order valence-corrected chi connectivity index (χ1v) is 26.1. The Morgan fingerprint density at radius 2 is 1.08 bits per heavy atom. The molecule has 6 heterocycles. The van der Waals surface area contributed by atoms with Crippen LogP contribution in [0.15, 0.2) is 48.5 Å². The van der Waals surface area contributed by atoms with Crippen molar-refractivity contribution < 1.29 is 102 Å². The van der Waals surface area contributed by atoms with Crippen molar-refractivity contribution >= 4 is 73.1 Å². The summed E-state index contributed by atoms with van der Waals surface area (Å²) in [7, 11) is 4.32. The molecule has 4 aliphatic heterocycles. The molecule has 0 atom stereocenters. The number of carboxylic acids is 1. The molecule has 27 heteroatoms. The van der Waals surface area contributed by atoms with Crippen LogP contribution in [0, 0.1) is 0 Å². The van der Waals surface area contributed by atoms with E-state index in [1.807, 2.05) is 21.9 Å². The van der Waals surface area contributed by atoms with Gasteiger partial charge in [-0.05, 0) is 35.6 Å². The summed E-state index contributed by atoms with van der Waals surface area (Å²) in [5, 5.41) is 10.6. The fraction of sp³-hybridized carbons (Fsp3) is 0.518. The van der Waals surface area contributed by atoms with Crippen LogP contribution in [0.4, 0.5) is 23.3 Å². The molecule has 0 bridgehead atoms. The normalized spacial score (nSPS) is 13.7. The first-order valence-electron chi connectivity index (χ1n) is 26.1. The second-order valence-electron chi connectivity index (χ2n) is 18.1. The molecule has 6 N–H and O–H groups in total. The second-order valence-corrected chi connectivity index (χ2v) is 18.1. The van der Waals surface area contributed by atoms with Gasteiger partial charge in [-0.25, -0.2) is 19.4 Å². The molecule has 83 heavy (non-hydrogen) atoms. The number of unbranched alkanes of at least 4 members (excludes halogenated alkanes) is 2. The minimum atomic E-state index is -0.833. The number of benzene rings is 2. The Bertz CT molecular complexity index is 2600. The average molecular weight is 1170 g/mol. The number of aliphatic carboxylic acids is 1. The van der Waals surface area contributed by atoms with Gasteiger partial charge in [-0.1, -0.05) is 84.0 Å². The van der Waals surface area contributed by atoms with E-state index in [1.54, 1.807) is 12.1 Å². The number of nitrogens with zero attached hydrogens (tertiary/aromatic N) is 7. The average Bonchev–Trinajstić information content (AvgIpc) is 3.54. The van der Waals surface area contributed by atoms with Crippen molar-refractivity contribution in [2.45, 2.75) is 115 Å². The number of morpholine rings is 2. The molecular formula is C56H83BN10NaO15. The van der Waals surface area contributed by atoms with Crippen LogP contribution < -0.4 is 65.6 Å². The van der Waals surface area contributed by atoms with Gasteiger partial charge in [0.15, 0.2) is 11.6 Å². The number of ketones is 2. The number of nitrogens with two attached hydrogens (primary N) is 2. The minimum absolute atomic E-state index is 0. The number of anilines is 4. The fourth-order valence-electron chi connectivity index (χ4n) is 7.57. The Kier molecular flexibility index (Phi) is 39.4. The maximum Gasteiger partial charge on any atom is 1.00 e. The van der Waals surface area contributed by atoms with Crippen molar-refractivity contribution in [3.8, 4) is 12.0 Å². The monoisotopic (exact) mass is 1170 g/mol. The predicted octanol–water partition coefficient (Wildman–Crippen LogP) is 2.02. The largest absolute Gasteiger partial charge is 1.00 e. The van der Waals surface area contributed by atoms with Gasteiger partial charge in [0.2, 0.25) is 5.97 Å². The number of carbonyl (C=O) groups excluding carboxylic acids is 6. The zero-order valence-corrected chi connectivity index (χ0v) is 49.6. The van der Waals surface area contributed by atoms with Gasteiger partial charge in [0.25, 0.3) is 5.97 Å². The molecule has 0 spiro atoms. The van der Waals surface area contributed by atoms with Crippen molar-refractivity contribution in [2.75, 3.05) is 100 Å². The predicted molar refractivity (Wildman–Crippen MR) is 309 cm³/mol. The van der Waals surface area contributed by atoms with E-state index >= 15 is 0 Å². The number of aldehydes is 1. The number of rotatable bonds is 15. The van der Waals surface area contributed by atoms with Gasteiger partial charge >= 0.3 is 53.5 Å². The van der Waals surface area contributed by atoms with E-state index in [2.05, 4.69) is 90.7 Å². The summed E-state index contributed by atoms with van der Waals surface area (Å²) in [5.41, 5.74) is 17.5. The minimum Gasteiger partial charge on any atom is -0.793 e. The van der Waals surface area contributed by atoms with Crippen molar-refractivity contribution in [1.82, 2.24) is 30.2 Å². The topological polar surface area (TPSA) is 330 Å². The van der Waals surface area contributed by atoms with Crippen LogP contribution in [-0.2, 0) is 85.1 Å². The Balaban J connectivity index is 0.00000115. The van der Waals surface area contributed by atoms with E-state index in [0.717, 1.165) is 123 Å². The third-order valence-electron chi connectivity index (χ3n) is 11.2. The van der Waals surface area contributed by atoms with Crippen molar-refractivity contribution in [3.63, 3.8) is 0 Å². The summed E-state index contributed by atoms with van der Waals surface area (Å²) in [6, 6.07) is 16.3. The molecule has 2 saturated heterocycles. The number of aromatic nitrogens is 4. The molecule has 2 aromatic carbocycles. The first-order chi connectivity index (χ1) is 38.3. The smallest absolute Gasteiger partial charge is 0.793 e. The molecule has 2 aromatic heterocycles. The van der Waals surface area contributed by atoms with E-state index in [0.29, 0.717) is 67.0 Å². The van der Waals surface area contributed by atoms with E-state index in [1.165, 1.54) is 12.5 Å². The maximum absolute atomic E-state index is 12.4. The van der Waals surface area contributed by atoms with Gasteiger partial charge in [-0.3, -0.25) is 28.9 Å². The molecule has 2 fully saturated rings. The van der Waals surface area contributed by atoms with E-state index < -0.39 is 23.9 Å². The van der Waals surface area contributed by atoms with Crippen LogP contribution in [0.25, 0.3) is 0 Å². The van der Waals surface area contributed by atoms with Gasteiger partial charge < -0.3 is 63.3 Å². The van der Waals surface area contributed by atoms with Gasteiger partial charge in [0.05, 0.1) is 52.7 Å². The molecular weight excluding hydrogens is 1090 g/mol. The number of carboxylic acid groups (broad SMARTS) is 1. The zero-order chi connectivity index (χ0) is 58.8. The summed E-state index contributed by atoms with van der Waals surface area (Å²) in [6.07, 6.45) is 5.17. The Hall–Kier alpha value is -6.81. The zero-order valence-electron chi connectivity index (χ0n) is 47.6. The summed E-state index contributed by atoms with van der Waals surface area (Å²) in [4.78, 5) is 105. The summed E-state index contributed by atoms with van der Waals surface area (Å²) in [6.45, 7) is 19.7. The molecule has 0 amide bonds. The summed E-state index contributed by atoms with van der Waals surface area (Å²) >= 11 is 0. The second kappa shape index (κ2) is 42.9.